The summed E-state index contributed by atoms with van der Waals surface area (Å²) >= 11 is 5.40. The average Bonchev–Trinajstić information content (AvgIpc) is 2.61. The highest BCUT2D eigenvalue weighted by atomic mass is 32.1. The minimum Gasteiger partial charge on any atom is -0.496 e. The molecular weight excluding hydrogens is 318 g/mol. The molecule has 2 rings (SSSR count). The van der Waals surface area contributed by atoms with Crippen molar-refractivity contribution in [3.8, 4) is 5.75 Å². The third-order valence-electron chi connectivity index (χ3n) is 3.87. The highest BCUT2D eigenvalue weighted by molar-refractivity contribution is 7.80. The second-order valence-electron chi connectivity index (χ2n) is 5.77. The Morgan fingerprint density at radius 1 is 1.04 bits per heavy atom. The van der Waals surface area contributed by atoms with Gasteiger partial charge in [0, 0.05) is 18.7 Å². The van der Waals surface area contributed by atoms with Gasteiger partial charge in [0.25, 0.3) is 0 Å². The van der Waals surface area contributed by atoms with Gasteiger partial charge < -0.3 is 20.3 Å². The van der Waals surface area contributed by atoms with Crippen molar-refractivity contribution in [1.29, 1.82) is 0 Å². The molecule has 0 fully saturated rings. The van der Waals surface area contributed by atoms with Crippen LogP contribution >= 0.6 is 12.2 Å². The Morgan fingerprint density at radius 2 is 1.71 bits per heavy atom. The molecule has 5 heteroatoms. The molecule has 0 aliphatic carbocycles. The van der Waals surface area contributed by atoms with E-state index in [2.05, 4.69) is 47.8 Å². The molecular formula is C19H25N3OS. The van der Waals surface area contributed by atoms with Crippen LogP contribution in [0.15, 0.2) is 54.6 Å². The Hall–Kier alpha value is -2.11. The molecule has 0 aliphatic rings. The van der Waals surface area contributed by atoms with Gasteiger partial charge in [0.1, 0.15) is 5.75 Å². The zero-order valence-corrected chi connectivity index (χ0v) is 15.3. The van der Waals surface area contributed by atoms with E-state index in [1.54, 1.807) is 7.11 Å². The summed E-state index contributed by atoms with van der Waals surface area (Å²) in [5, 5.41) is 7.20. The van der Waals surface area contributed by atoms with Gasteiger partial charge in [0.2, 0.25) is 0 Å². The predicted molar refractivity (Wildman–Crippen MR) is 103 cm³/mol. The van der Waals surface area contributed by atoms with E-state index in [9.17, 15) is 0 Å². The maximum atomic E-state index is 5.49. The van der Waals surface area contributed by atoms with Crippen LogP contribution in [0.3, 0.4) is 0 Å². The van der Waals surface area contributed by atoms with Gasteiger partial charge >= 0.3 is 0 Å². The van der Waals surface area contributed by atoms with Gasteiger partial charge in [-0.1, -0.05) is 48.5 Å². The summed E-state index contributed by atoms with van der Waals surface area (Å²) in [5.41, 5.74) is 2.35. The van der Waals surface area contributed by atoms with E-state index in [0.717, 1.165) is 11.3 Å². The number of nitrogens with one attached hydrogen (secondary N) is 2. The van der Waals surface area contributed by atoms with E-state index in [1.807, 2.05) is 36.4 Å². The minimum atomic E-state index is 0.164. The van der Waals surface area contributed by atoms with Crippen LogP contribution in [0.2, 0.25) is 0 Å². The third-order valence-corrected chi connectivity index (χ3v) is 4.16. The molecule has 0 bridgehead atoms. The van der Waals surface area contributed by atoms with Gasteiger partial charge in [0.15, 0.2) is 5.11 Å². The van der Waals surface area contributed by atoms with E-state index >= 15 is 0 Å². The van der Waals surface area contributed by atoms with Crippen LogP contribution in [-0.2, 0) is 6.54 Å². The van der Waals surface area contributed by atoms with E-state index < -0.39 is 0 Å². The molecule has 0 spiro atoms. The number of nitrogens with zero attached hydrogens (tertiary/aromatic N) is 1. The van der Waals surface area contributed by atoms with Crippen molar-refractivity contribution in [3.63, 3.8) is 0 Å². The Kier molecular flexibility index (Phi) is 7.03. The number of para-hydroxylation sites is 1. The molecule has 0 saturated heterocycles. The van der Waals surface area contributed by atoms with Crippen molar-refractivity contribution >= 4 is 17.3 Å². The van der Waals surface area contributed by atoms with Crippen molar-refractivity contribution in [2.24, 2.45) is 0 Å². The maximum Gasteiger partial charge on any atom is 0.166 e. The van der Waals surface area contributed by atoms with Gasteiger partial charge in [0.05, 0.1) is 13.2 Å². The van der Waals surface area contributed by atoms with Gasteiger partial charge in [-0.25, -0.2) is 0 Å². The molecule has 4 nitrogen and oxygen atoms in total. The van der Waals surface area contributed by atoms with Crippen molar-refractivity contribution in [1.82, 2.24) is 15.5 Å². The standard InChI is InChI=1S/C19H25N3OS/c1-22(2)17(16-11-7-8-12-18(16)23-3)14-21-19(24)20-13-15-9-5-4-6-10-15/h4-12,17H,13-14H2,1-3H3,(H2,20,21,24). The molecule has 0 saturated carbocycles. The van der Waals surface area contributed by atoms with Crippen molar-refractivity contribution < 1.29 is 4.74 Å². The van der Waals surface area contributed by atoms with Gasteiger partial charge in [-0.15, -0.1) is 0 Å². The lowest BCUT2D eigenvalue weighted by molar-refractivity contribution is 0.288. The molecule has 2 aromatic carbocycles. The molecule has 0 heterocycles. The lowest BCUT2D eigenvalue weighted by Gasteiger charge is -2.27. The molecule has 2 N–H and O–H groups in total. The molecule has 128 valence electrons. The number of hydrogen-bond donors (Lipinski definition) is 2. The summed E-state index contributed by atoms with van der Waals surface area (Å²) in [7, 11) is 5.81. The van der Waals surface area contributed by atoms with Crippen LogP contribution in [-0.4, -0.2) is 37.8 Å². The molecule has 1 atom stereocenters. The predicted octanol–water partition coefficient (Wildman–Crippen LogP) is 2.96. The summed E-state index contributed by atoms with van der Waals surface area (Å²) in [6, 6.07) is 18.5. The second kappa shape index (κ2) is 9.25. The summed E-state index contributed by atoms with van der Waals surface area (Å²) in [6.07, 6.45) is 0. The monoisotopic (exact) mass is 343 g/mol. The number of hydrogen-bond acceptors (Lipinski definition) is 3. The third kappa shape index (κ3) is 5.22. The zero-order valence-electron chi connectivity index (χ0n) is 14.5. The van der Waals surface area contributed by atoms with Crippen LogP contribution in [0, 0.1) is 0 Å². The molecule has 0 amide bonds. The summed E-state index contributed by atoms with van der Waals surface area (Å²) in [6.45, 7) is 1.42. The molecule has 0 aromatic heterocycles. The van der Waals surface area contributed by atoms with Crippen LogP contribution in [0.4, 0.5) is 0 Å². The number of methoxy groups -OCH3 is 1. The summed E-state index contributed by atoms with van der Waals surface area (Å²) in [5.74, 6) is 0.890. The van der Waals surface area contributed by atoms with Crippen LogP contribution in [0.5, 0.6) is 5.75 Å². The zero-order chi connectivity index (χ0) is 17.4. The highest BCUT2D eigenvalue weighted by Crippen LogP contribution is 2.27. The fourth-order valence-electron chi connectivity index (χ4n) is 2.54. The van der Waals surface area contributed by atoms with Gasteiger partial charge in [-0.3, -0.25) is 0 Å². The first-order valence-electron chi connectivity index (χ1n) is 7.96. The Bertz CT molecular complexity index is 646. The first kappa shape index (κ1) is 18.2. The van der Waals surface area contributed by atoms with Crippen LogP contribution in [0.1, 0.15) is 17.2 Å². The summed E-state index contributed by atoms with van der Waals surface area (Å²) < 4.78 is 5.49. The molecule has 24 heavy (non-hydrogen) atoms. The van der Waals surface area contributed by atoms with Crippen molar-refractivity contribution in [2.45, 2.75) is 12.6 Å². The fourth-order valence-corrected chi connectivity index (χ4v) is 2.70. The van der Waals surface area contributed by atoms with Crippen molar-refractivity contribution in [2.75, 3.05) is 27.7 Å². The van der Waals surface area contributed by atoms with E-state index in [1.165, 1.54) is 5.56 Å². The number of rotatable bonds is 7. The highest BCUT2D eigenvalue weighted by Gasteiger charge is 2.18. The second-order valence-corrected chi connectivity index (χ2v) is 6.18. The van der Waals surface area contributed by atoms with Crippen LogP contribution < -0.4 is 15.4 Å². The Balaban J connectivity index is 1.93. The van der Waals surface area contributed by atoms with E-state index in [0.29, 0.717) is 18.2 Å². The molecule has 0 aliphatic heterocycles. The van der Waals surface area contributed by atoms with Gasteiger partial charge in [-0.2, -0.15) is 0 Å². The SMILES string of the molecule is COc1ccccc1C(CNC(=S)NCc1ccccc1)N(C)C. The lowest BCUT2D eigenvalue weighted by Crippen LogP contribution is -2.40. The average molecular weight is 343 g/mol. The molecule has 2 aromatic rings. The largest absolute Gasteiger partial charge is 0.496 e. The maximum absolute atomic E-state index is 5.49. The quantitative estimate of drug-likeness (QED) is 0.756. The number of likely N-dealkylation sites (N-methyl/N-ethyl adjacent to an activating group) is 1. The lowest BCUT2D eigenvalue weighted by atomic mass is 10.0. The van der Waals surface area contributed by atoms with E-state index in [4.69, 9.17) is 17.0 Å². The van der Waals surface area contributed by atoms with Crippen molar-refractivity contribution in [3.05, 3.63) is 65.7 Å². The van der Waals surface area contributed by atoms with Crippen LogP contribution in [0.25, 0.3) is 0 Å². The normalized spacial score (nSPS) is 11.8. The van der Waals surface area contributed by atoms with Gasteiger partial charge in [-0.05, 0) is 37.9 Å². The fraction of sp³-hybridized carbons (Fsp3) is 0.316. The summed E-state index contributed by atoms with van der Waals surface area (Å²) in [4.78, 5) is 2.16. The van der Waals surface area contributed by atoms with E-state index in [-0.39, 0.29) is 6.04 Å². The number of ether oxygens (including phenoxy) is 1. The smallest absolute Gasteiger partial charge is 0.166 e. The topological polar surface area (TPSA) is 36.5 Å². The first-order chi connectivity index (χ1) is 11.6. The Labute approximate surface area is 149 Å². The number of benzene rings is 2. The number of thiocarbonyl (C=S) groups is 1. The Morgan fingerprint density at radius 3 is 2.38 bits per heavy atom. The molecule has 1 unspecified atom stereocenters. The first-order valence-corrected chi connectivity index (χ1v) is 8.37. The molecule has 0 radical (unpaired) electrons. The minimum absolute atomic E-state index is 0.164.